The van der Waals surface area contributed by atoms with Crippen LogP contribution < -0.4 is 31.9 Å². The molecule has 1 aromatic heterocycles. The number of aromatic nitrogens is 2. The summed E-state index contributed by atoms with van der Waals surface area (Å²) >= 11 is 0. The average molecular weight is 497 g/mol. The maximum atomic E-state index is 13.3. The molecule has 3 aromatic rings. The number of carbonyl (C=O) groups is 1. The number of ether oxygens (including phenoxy) is 1. The molecule has 0 radical (unpaired) electrons. The Kier molecular flexibility index (Phi) is 8.44. The lowest BCUT2D eigenvalue weighted by atomic mass is 10.2. The van der Waals surface area contributed by atoms with Crippen molar-refractivity contribution in [2.45, 2.75) is 26.3 Å². The van der Waals surface area contributed by atoms with E-state index in [9.17, 15) is 24.5 Å². The van der Waals surface area contributed by atoms with Crippen LogP contribution in [-0.4, -0.2) is 40.6 Å². The highest BCUT2D eigenvalue weighted by Gasteiger charge is 2.24. The van der Waals surface area contributed by atoms with Gasteiger partial charge in [-0.2, -0.15) is 0 Å². The second-order valence-corrected chi connectivity index (χ2v) is 7.96. The third kappa shape index (κ3) is 5.90. The lowest BCUT2D eigenvalue weighted by Gasteiger charge is -2.25. The molecular weight excluding hydrogens is 468 g/mol. The largest absolute Gasteiger partial charge is 0.495 e. The zero-order valence-electron chi connectivity index (χ0n) is 20.0. The number of nitrogen functional groups attached to an aromatic ring is 1. The normalized spacial score (nSPS) is 10.6. The van der Waals surface area contributed by atoms with Crippen molar-refractivity contribution in [3.05, 3.63) is 85.0 Å². The zero-order chi connectivity index (χ0) is 26.2. The number of nitro groups is 1. The quantitative estimate of drug-likeness (QED) is 0.269. The van der Waals surface area contributed by atoms with Crippen molar-refractivity contribution < 1.29 is 14.5 Å². The molecule has 3 rings (SSSR count). The Hall–Kier alpha value is -4.61. The molecule has 0 saturated heterocycles. The fourth-order valence-corrected chi connectivity index (χ4v) is 3.65. The van der Waals surface area contributed by atoms with Crippen LogP contribution in [0.1, 0.15) is 25.3 Å². The van der Waals surface area contributed by atoms with Crippen molar-refractivity contribution in [1.82, 2.24) is 9.55 Å². The number of methoxy groups -OCH3 is 1. The summed E-state index contributed by atoms with van der Waals surface area (Å²) < 4.78 is 6.43. The van der Waals surface area contributed by atoms with E-state index in [4.69, 9.17) is 10.5 Å². The molecule has 12 nitrogen and oxygen atoms in total. The number of unbranched alkanes of at least 4 members (excludes halogenated alkanes) is 1. The van der Waals surface area contributed by atoms with E-state index in [1.54, 1.807) is 0 Å². The standard InChI is InChI=1S/C24H28N6O6/c1-3-4-12-28(20(31)14-26-18-13-17(30(34)35)10-11-19(18)36-2)21-22(25)29(24(33)27-23(21)32)15-16-8-6-5-7-9-16/h5-11,13,26H,3-4,12,14-15,25H2,1-2H3,(H,27,32,33). The molecule has 0 aliphatic rings. The third-order valence-electron chi connectivity index (χ3n) is 5.53. The highest BCUT2D eigenvalue weighted by molar-refractivity contribution is 5.98. The number of nitro benzene ring substituents is 1. The van der Waals surface area contributed by atoms with Crippen molar-refractivity contribution in [3.63, 3.8) is 0 Å². The van der Waals surface area contributed by atoms with E-state index in [2.05, 4.69) is 10.3 Å². The summed E-state index contributed by atoms with van der Waals surface area (Å²) in [6.45, 7) is 1.91. The molecule has 4 N–H and O–H groups in total. The maximum absolute atomic E-state index is 13.3. The first-order valence-corrected chi connectivity index (χ1v) is 11.3. The molecule has 0 atom stereocenters. The van der Waals surface area contributed by atoms with E-state index in [0.717, 1.165) is 12.0 Å². The summed E-state index contributed by atoms with van der Waals surface area (Å²) in [5.74, 6) is -0.341. The molecule has 0 spiro atoms. The highest BCUT2D eigenvalue weighted by Crippen LogP contribution is 2.29. The maximum Gasteiger partial charge on any atom is 0.330 e. The minimum absolute atomic E-state index is 0.105. The van der Waals surface area contributed by atoms with E-state index in [1.165, 1.54) is 34.8 Å². The van der Waals surface area contributed by atoms with Crippen LogP contribution in [0.5, 0.6) is 5.75 Å². The van der Waals surface area contributed by atoms with E-state index in [-0.39, 0.29) is 42.5 Å². The number of nitrogens with one attached hydrogen (secondary N) is 2. The summed E-state index contributed by atoms with van der Waals surface area (Å²) in [6, 6.07) is 13.0. The number of non-ortho nitro benzene ring substituents is 1. The van der Waals surface area contributed by atoms with Gasteiger partial charge in [0.15, 0.2) is 5.69 Å². The van der Waals surface area contributed by atoms with Gasteiger partial charge in [0.25, 0.3) is 11.2 Å². The van der Waals surface area contributed by atoms with Crippen LogP contribution in [0.4, 0.5) is 22.9 Å². The van der Waals surface area contributed by atoms with E-state index in [1.807, 2.05) is 37.3 Å². The summed E-state index contributed by atoms with van der Waals surface area (Å²) in [5, 5.41) is 14.0. The molecule has 36 heavy (non-hydrogen) atoms. The number of anilines is 3. The molecule has 190 valence electrons. The Bertz CT molecular complexity index is 1350. The second-order valence-electron chi connectivity index (χ2n) is 7.96. The molecule has 0 unspecified atom stereocenters. The van der Waals surface area contributed by atoms with Gasteiger partial charge in [0.1, 0.15) is 11.6 Å². The number of carbonyl (C=O) groups excluding carboxylic acids is 1. The van der Waals surface area contributed by atoms with Crippen molar-refractivity contribution >= 4 is 28.8 Å². The molecule has 0 saturated carbocycles. The number of H-pyrrole nitrogens is 1. The van der Waals surface area contributed by atoms with Gasteiger partial charge in [-0.05, 0) is 18.1 Å². The Balaban J connectivity index is 1.95. The Labute approximate surface area is 206 Å². The molecule has 2 aromatic carbocycles. The van der Waals surface area contributed by atoms with Crippen molar-refractivity contribution in [1.29, 1.82) is 0 Å². The minimum Gasteiger partial charge on any atom is -0.495 e. The van der Waals surface area contributed by atoms with E-state index in [0.29, 0.717) is 12.2 Å². The topological polar surface area (TPSA) is 166 Å². The monoisotopic (exact) mass is 496 g/mol. The van der Waals surface area contributed by atoms with Gasteiger partial charge in [-0.3, -0.25) is 29.3 Å². The van der Waals surface area contributed by atoms with Crippen molar-refractivity contribution in [3.8, 4) is 5.75 Å². The predicted molar refractivity (Wildman–Crippen MR) is 137 cm³/mol. The van der Waals surface area contributed by atoms with Gasteiger partial charge in [0.2, 0.25) is 5.91 Å². The number of amides is 1. The molecule has 1 amide bonds. The van der Waals surface area contributed by atoms with Gasteiger partial charge in [0, 0.05) is 18.7 Å². The van der Waals surface area contributed by atoms with Crippen LogP contribution in [0.15, 0.2) is 58.1 Å². The van der Waals surface area contributed by atoms with Gasteiger partial charge in [0.05, 0.1) is 30.8 Å². The Morgan fingerprint density at radius 3 is 2.58 bits per heavy atom. The molecule has 0 fully saturated rings. The Morgan fingerprint density at radius 1 is 1.22 bits per heavy atom. The summed E-state index contributed by atoms with van der Waals surface area (Å²) in [4.78, 5) is 52.7. The Morgan fingerprint density at radius 2 is 1.94 bits per heavy atom. The first-order valence-electron chi connectivity index (χ1n) is 11.3. The van der Waals surface area contributed by atoms with Gasteiger partial charge in [-0.25, -0.2) is 4.79 Å². The van der Waals surface area contributed by atoms with Crippen molar-refractivity contribution in [2.24, 2.45) is 0 Å². The van der Waals surface area contributed by atoms with Crippen LogP contribution in [0.3, 0.4) is 0 Å². The number of aromatic amines is 1. The van der Waals surface area contributed by atoms with Gasteiger partial charge in [-0.1, -0.05) is 43.7 Å². The number of nitrogens with zero attached hydrogens (tertiary/aromatic N) is 3. The molecule has 1 heterocycles. The molecular formula is C24H28N6O6. The van der Waals surface area contributed by atoms with Crippen LogP contribution in [0.25, 0.3) is 0 Å². The lowest BCUT2D eigenvalue weighted by Crippen LogP contribution is -2.43. The number of rotatable bonds is 11. The third-order valence-corrected chi connectivity index (χ3v) is 5.53. The molecule has 0 aliphatic heterocycles. The SMILES string of the molecule is CCCCN(C(=O)CNc1cc([N+](=O)[O-])ccc1OC)c1c(N)n(Cc2ccccc2)c(=O)[nH]c1=O. The molecule has 12 heteroatoms. The second kappa shape index (κ2) is 11.7. The number of benzene rings is 2. The number of nitrogens with two attached hydrogens (primary N) is 1. The summed E-state index contributed by atoms with van der Waals surface area (Å²) in [6.07, 6.45) is 1.31. The van der Waals surface area contributed by atoms with Crippen LogP contribution in [0, 0.1) is 10.1 Å². The fourth-order valence-electron chi connectivity index (χ4n) is 3.65. The predicted octanol–water partition coefficient (Wildman–Crippen LogP) is 2.33. The van der Waals surface area contributed by atoms with Gasteiger partial charge in [-0.15, -0.1) is 0 Å². The van der Waals surface area contributed by atoms with E-state index >= 15 is 0 Å². The molecule has 0 bridgehead atoms. The number of hydrogen-bond donors (Lipinski definition) is 3. The minimum atomic E-state index is -0.779. The lowest BCUT2D eigenvalue weighted by molar-refractivity contribution is -0.384. The average Bonchev–Trinajstić information content (AvgIpc) is 2.87. The summed E-state index contributed by atoms with van der Waals surface area (Å²) in [5.41, 5.74) is 5.54. The van der Waals surface area contributed by atoms with Gasteiger partial charge >= 0.3 is 5.69 Å². The van der Waals surface area contributed by atoms with E-state index < -0.39 is 22.1 Å². The van der Waals surface area contributed by atoms with Crippen LogP contribution in [0.2, 0.25) is 0 Å². The summed E-state index contributed by atoms with van der Waals surface area (Å²) in [7, 11) is 1.40. The van der Waals surface area contributed by atoms with Crippen LogP contribution >= 0.6 is 0 Å². The zero-order valence-corrected chi connectivity index (χ0v) is 20.0. The first-order chi connectivity index (χ1) is 17.3. The van der Waals surface area contributed by atoms with Crippen LogP contribution in [-0.2, 0) is 11.3 Å². The fraction of sp³-hybridized carbons (Fsp3) is 0.292. The highest BCUT2D eigenvalue weighted by atomic mass is 16.6. The first kappa shape index (κ1) is 26.0. The van der Waals surface area contributed by atoms with Gasteiger partial charge < -0.3 is 20.7 Å². The number of hydrogen-bond acceptors (Lipinski definition) is 8. The molecule has 0 aliphatic carbocycles. The smallest absolute Gasteiger partial charge is 0.330 e. The van der Waals surface area contributed by atoms with Crippen molar-refractivity contribution in [2.75, 3.05) is 36.1 Å².